The second-order valence-electron chi connectivity index (χ2n) is 5.49. The van der Waals surface area contributed by atoms with Crippen LogP contribution < -0.4 is 5.32 Å². The normalized spacial score (nSPS) is 34.7. The van der Waals surface area contributed by atoms with Gasteiger partial charge in [-0.1, -0.05) is 13.3 Å². The van der Waals surface area contributed by atoms with E-state index in [1.807, 2.05) is 6.92 Å². The molecule has 0 heterocycles. The van der Waals surface area contributed by atoms with Crippen LogP contribution in [0.3, 0.4) is 0 Å². The third kappa shape index (κ3) is 4.04. The Balaban J connectivity index is 2.31. The fourth-order valence-corrected chi connectivity index (χ4v) is 2.32. The Morgan fingerprint density at radius 2 is 1.88 bits per heavy atom. The summed E-state index contributed by atoms with van der Waals surface area (Å²) in [5.41, 5.74) is -0.547. The quantitative estimate of drug-likeness (QED) is 0.672. The van der Waals surface area contributed by atoms with E-state index in [-0.39, 0.29) is 12.1 Å². The molecule has 1 fully saturated rings. The minimum absolute atomic E-state index is 0.0490. The Hall–Kier alpha value is -0.120. The average molecular weight is 229 g/mol. The SMILES string of the molecule is CCC1CCC(O)(CNC(C)C(C)O)CC1. The van der Waals surface area contributed by atoms with Gasteiger partial charge in [-0.3, -0.25) is 0 Å². The highest BCUT2D eigenvalue weighted by Crippen LogP contribution is 2.33. The Morgan fingerprint density at radius 3 is 2.31 bits per heavy atom. The van der Waals surface area contributed by atoms with Gasteiger partial charge >= 0.3 is 0 Å². The highest BCUT2D eigenvalue weighted by Gasteiger charge is 2.32. The van der Waals surface area contributed by atoms with Crippen LogP contribution in [0.4, 0.5) is 0 Å². The molecule has 1 aliphatic rings. The molecule has 0 radical (unpaired) electrons. The van der Waals surface area contributed by atoms with Crippen LogP contribution in [0.2, 0.25) is 0 Å². The summed E-state index contributed by atoms with van der Waals surface area (Å²) in [4.78, 5) is 0. The van der Waals surface area contributed by atoms with Crippen LogP contribution in [0.5, 0.6) is 0 Å². The monoisotopic (exact) mass is 229 g/mol. The van der Waals surface area contributed by atoms with Crippen LogP contribution >= 0.6 is 0 Å². The molecule has 0 aliphatic heterocycles. The molecule has 0 aromatic rings. The molecule has 1 rings (SSSR count). The van der Waals surface area contributed by atoms with Crippen LogP contribution in [0.15, 0.2) is 0 Å². The van der Waals surface area contributed by atoms with Gasteiger partial charge in [-0.05, 0) is 45.4 Å². The number of hydrogen-bond acceptors (Lipinski definition) is 3. The maximum atomic E-state index is 10.4. The van der Waals surface area contributed by atoms with E-state index in [1.165, 1.54) is 6.42 Å². The van der Waals surface area contributed by atoms with Crippen molar-refractivity contribution in [2.75, 3.05) is 6.54 Å². The van der Waals surface area contributed by atoms with E-state index in [0.29, 0.717) is 6.54 Å². The largest absolute Gasteiger partial charge is 0.392 e. The smallest absolute Gasteiger partial charge is 0.0771 e. The number of rotatable bonds is 5. The molecule has 3 N–H and O–H groups in total. The van der Waals surface area contributed by atoms with Crippen LogP contribution in [0.1, 0.15) is 52.9 Å². The van der Waals surface area contributed by atoms with Crippen LogP contribution in [-0.2, 0) is 0 Å². The van der Waals surface area contributed by atoms with Gasteiger partial charge in [-0.2, -0.15) is 0 Å². The Morgan fingerprint density at radius 1 is 1.31 bits per heavy atom. The zero-order valence-corrected chi connectivity index (χ0v) is 10.9. The average Bonchev–Trinajstić information content (AvgIpc) is 2.27. The van der Waals surface area contributed by atoms with Crippen LogP contribution in [0.25, 0.3) is 0 Å². The summed E-state index contributed by atoms with van der Waals surface area (Å²) in [7, 11) is 0. The third-order valence-electron chi connectivity index (χ3n) is 4.09. The van der Waals surface area contributed by atoms with Crippen LogP contribution in [0, 0.1) is 5.92 Å². The molecule has 3 heteroatoms. The van der Waals surface area contributed by atoms with Gasteiger partial charge in [0.1, 0.15) is 0 Å². The molecule has 16 heavy (non-hydrogen) atoms. The minimum atomic E-state index is -0.547. The fraction of sp³-hybridized carbons (Fsp3) is 1.00. The summed E-state index contributed by atoms with van der Waals surface area (Å²) in [5, 5.41) is 23.0. The fourth-order valence-electron chi connectivity index (χ4n) is 2.32. The molecule has 0 spiro atoms. The number of nitrogens with one attached hydrogen (secondary N) is 1. The third-order valence-corrected chi connectivity index (χ3v) is 4.09. The number of hydrogen-bond donors (Lipinski definition) is 3. The van der Waals surface area contributed by atoms with E-state index in [4.69, 9.17) is 0 Å². The summed E-state index contributed by atoms with van der Waals surface area (Å²) in [6, 6.07) is 0.0490. The van der Waals surface area contributed by atoms with Crippen molar-refractivity contribution in [3.05, 3.63) is 0 Å². The Bertz CT molecular complexity index is 198. The van der Waals surface area contributed by atoms with Crippen molar-refractivity contribution in [1.29, 1.82) is 0 Å². The van der Waals surface area contributed by atoms with Crippen molar-refractivity contribution in [1.82, 2.24) is 5.32 Å². The van der Waals surface area contributed by atoms with Gasteiger partial charge in [0.25, 0.3) is 0 Å². The molecule has 3 nitrogen and oxygen atoms in total. The van der Waals surface area contributed by atoms with Crippen molar-refractivity contribution < 1.29 is 10.2 Å². The number of aliphatic hydroxyl groups excluding tert-OH is 1. The van der Waals surface area contributed by atoms with E-state index < -0.39 is 5.60 Å². The van der Waals surface area contributed by atoms with E-state index in [1.54, 1.807) is 6.92 Å². The molecular weight excluding hydrogens is 202 g/mol. The summed E-state index contributed by atoms with van der Waals surface area (Å²) >= 11 is 0. The lowest BCUT2D eigenvalue weighted by molar-refractivity contribution is -0.0135. The topological polar surface area (TPSA) is 52.5 Å². The van der Waals surface area contributed by atoms with Gasteiger partial charge in [-0.15, -0.1) is 0 Å². The van der Waals surface area contributed by atoms with Crippen molar-refractivity contribution in [2.24, 2.45) is 5.92 Å². The van der Waals surface area contributed by atoms with E-state index in [9.17, 15) is 10.2 Å². The van der Waals surface area contributed by atoms with Crippen molar-refractivity contribution >= 4 is 0 Å². The molecule has 2 atom stereocenters. The minimum Gasteiger partial charge on any atom is -0.392 e. The molecule has 96 valence electrons. The van der Waals surface area contributed by atoms with Gasteiger partial charge in [0.2, 0.25) is 0 Å². The number of aliphatic hydroxyl groups is 2. The lowest BCUT2D eigenvalue weighted by Crippen LogP contribution is -2.48. The lowest BCUT2D eigenvalue weighted by Gasteiger charge is -2.37. The summed E-state index contributed by atoms with van der Waals surface area (Å²) in [5.74, 6) is 0.800. The first kappa shape index (κ1) is 13.9. The van der Waals surface area contributed by atoms with Gasteiger partial charge < -0.3 is 15.5 Å². The zero-order chi connectivity index (χ0) is 12.2. The standard InChI is InChI=1S/C13H27NO2/c1-4-12-5-7-13(16,8-6-12)9-14-10(2)11(3)15/h10-12,14-16H,4-9H2,1-3H3. The molecular formula is C13H27NO2. The van der Waals surface area contributed by atoms with Gasteiger partial charge in [0.15, 0.2) is 0 Å². The Labute approximate surface area is 99.3 Å². The van der Waals surface area contributed by atoms with Crippen molar-refractivity contribution in [3.63, 3.8) is 0 Å². The lowest BCUT2D eigenvalue weighted by atomic mass is 9.78. The first-order valence-corrected chi connectivity index (χ1v) is 6.60. The van der Waals surface area contributed by atoms with Gasteiger partial charge in [-0.25, -0.2) is 0 Å². The summed E-state index contributed by atoms with van der Waals surface area (Å²) in [6.07, 6.45) is 4.93. The molecule has 0 amide bonds. The first-order chi connectivity index (χ1) is 7.47. The summed E-state index contributed by atoms with van der Waals surface area (Å²) in [6.45, 7) is 6.56. The van der Waals surface area contributed by atoms with E-state index in [2.05, 4.69) is 12.2 Å². The predicted molar refractivity (Wildman–Crippen MR) is 66.3 cm³/mol. The zero-order valence-electron chi connectivity index (χ0n) is 10.9. The predicted octanol–water partition coefficient (Wildman–Crippen LogP) is 1.68. The summed E-state index contributed by atoms with van der Waals surface area (Å²) < 4.78 is 0. The van der Waals surface area contributed by atoms with E-state index >= 15 is 0 Å². The highest BCUT2D eigenvalue weighted by atomic mass is 16.3. The molecule has 1 saturated carbocycles. The van der Waals surface area contributed by atoms with Gasteiger partial charge in [0, 0.05) is 12.6 Å². The second-order valence-corrected chi connectivity index (χ2v) is 5.49. The van der Waals surface area contributed by atoms with Gasteiger partial charge in [0.05, 0.1) is 11.7 Å². The Kier molecular flexibility index (Phi) is 5.22. The first-order valence-electron chi connectivity index (χ1n) is 6.60. The highest BCUT2D eigenvalue weighted by molar-refractivity contribution is 4.88. The van der Waals surface area contributed by atoms with E-state index in [0.717, 1.165) is 31.6 Å². The molecule has 0 aromatic carbocycles. The molecule has 2 unspecified atom stereocenters. The second kappa shape index (κ2) is 5.99. The van der Waals surface area contributed by atoms with Crippen molar-refractivity contribution in [2.45, 2.75) is 70.6 Å². The molecule has 0 aromatic heterocycles. The molecule has 1 aliphatic carbocycles. The van der Waals surface area contributed by atoms with Crippen LogP contribution in [-0.4, -0.2) is 34.5 Å². The maximum absolute atomic E-state index is 10.4. The van der Waals surface area contributed by atoms with Crippen molar-refractivity contribution in [3.8, 4) is 0 Å². The molecule has 0 bridgehead atoms. The maximum Gasteiger partial charge on any atom is 0.0771 e. The molecule has 0 saturated heterocycles.